The molecule has 0 spiro atoms. The number of aromatic amines is 1. The van der Waals surface area contributed by atoms with Crippen LogP contribution in [0.25, 0.3) is 11.0 Å². The summed E-state index contributed by atoms with van der Waals surface area (Å²) in [6, 6.07) is 15.0. The molecule has 0 saturated carbocycles. The number of hydrogen-bond donors (Lipinski definition) is 1. The number of amides is 1. The first-order chi connectivity index (χ1) is 14.0. The molecule has 2 aromatic heterocycles. The molecule has 0 unspecified atom stereocenters. The number of fused-ring (bicyclic) bond motifs is 1. The fourth-order valence-electron chi connectivity index (χ4n) is 3.21. The molecule has 2 aromatic carbocycles. The molecule has 4 rings (SSSR count). The number of hydrogen-bond acceptors (Lipinski definition) is 5. The largest absolute Gasteiger partial charge is 0.488 e. The SMILES string of the molecule is Cc1noc(C)c1COc1ccccc1C(=O)N(C)Cc1nc2ccccc2[nH]1. The summed E-state index contributed by atoms with van der Waals surface area (Å²) in [7, 11) is 1.75. The van der Waals surface area contributed by atoms with E-state index in [2.05, 4.69) is 15.1 Å². The smallest absolute Gasteiger partial charge is 0.257 e. The molecule has 1 N–H and O–H groups in total. The Kier molecular flexibility index (Phi) is 5.03. The fourth-order valence-corrected chi connectivity index (χ4v) is 3.21. The summed E-state index contributed by atoms with van der Waals surface area (Å²) >= 11 is 0. The number of aryl methyl sites for hydroxylation is 2. The van der Waals surface area contributed by atoms with E-state index in [0.29, 0.717) is 30.2 Å². The number of benzene rings is 2. The number of ether oxygens (including phenoxy) is 1. The van der Waals surface area contributed by atoms with Crippen LogP contribution in [0.4, 0.5) is 0 Å². The van der Waals surface area contributed by atoms with Gasteiger partial charge >= 0.3 is 0 Å². The first-order valence-corrected chi connectivity index (χ1v) is 9.35. The lowest BCUT2D eigenvalue weighted by atomic mass is 10.1. The van der Waals surface area contributed by atoms with Crippen LogP contribution in [0.1, 0.15) is 33.2 Å². The third-order valence-electron chi connectivity index (χ3n) is 4.84. The minimum absolute atomic E-state index is 0.139. The van der Waals surface area contributed by atoms with Gasteiger partial charge in [-0.25, -0.2) is 4.98 Å². The van der Waals surface area contributed by atoms with E-state index in [0.717, 1.165) is 28.1 Å². The lowest BCUT2D eigenvalue weighted by Gasteiger charge is -2.18. The van der Waals surface area contributed by atoms with Crippen molar-refractivity contribution < 1.29 is 14.1 Å². The standard InChI is InChI=1S/C22H22N4O3/c1-14-17(15(2)29-25-14)13-28-20-11-7-4-8-16(20)22(27)26(3)12-21-23-18-9-5-6-10-19(18)24-21/h4-11H,12-13H2,1-3H3,(H,23,24). The van der Waals surface area contributed by atoms with Gasteiger partial charge < -0.3 is 19.1 Å². The van der Waals surface area contributed by atoms with Gasteiger partial charge in [0.05, 0.1) is 34.4 Å². The lowest BCUT2D eigenvalue weighted by Crippen LogP contribution is -2.27. The molecule has 0 atom stereocenters. The third-order valence-corrected chi connectivity index (χ3v) is 4.84. The highest BCUT2D eigenvalue weighted by Gasteiger charge is 2.19. The van der Waals surface area contributed by atoms with Crippen molar-refractivity contribution in [3.8, 4) is 5.75 Å². The van der Waals surface area contributed by atoms with E-state index >= 15 is 0 Å². The van der Waals surface area contributed by atoms with Crippen molar-refractivity contribution in [3.05, 3.63) is 76.9 Å². The zero-order valence-corrected chi connectivity index (χ0v) is 16.6. The molecular weight excluding hydrogens is 368 g/mol. The van der Waals surface area contributed by atoms with Crippen LogP contribution in [-0.2, 0) is 13.2 Å². The van der Waals surface area contributed by atoms with Crippen LogP contribution >= 0.6 is 0 Å². The third kappa shape index (κ3) is 3.85. The van der Waals surface area contributed by atoms with Crippen LogP contribution in [0, 0.1) is 13.8 Å². The monoisotopic (exact) mass is 390 g/mol. The van der Waals surface area contributed by atoms with Gasteiger partial charge in [-0.1, -0.05) is 29.4 Å². The van der Waals surface area contributed by atoms with Crippen molar-refractivity contribution in [1.82, 2.24) is 20.0 Å². The summed E-state index contributed by atoms with van der Waals surface area (Å²) in [6.07, 6.45) is 0. The van der Waals surface area contributed by atoms with Crippen molar-refractivity contribution in [2.45, 2.75) is 27.0 Å². The minimum Gasteiger partial charge on any atom is -0.488 e. The zero-order chi connectivity index (χ0) is 20.4. The number of nitrogens with zero attached hydrogens (tertiary/aromatic N) is 3. The fraction of sp³-hybridized carbons (Fsp3) is 0.227. The van der Waals surface area contributed by atoms with Crippen LogP contribution in [0.15, 0.2) is 53.1 Å². The number of imidazole rings is 1. The maximum atomic E-state index is 13.1. The second-order valence-corrected chi connectivity index (χ2v) is 6.95. The summed E-state index contributed by atoms with van der Waals surface area (Å²) in [5.74, 6) is 1.83. The molecule has 0 aliphatic heterocycles. The predicted octanol–water partition coefficient (Wildman–Crippen LogP) is 4.02. The molecule has 148 valence electrons. The van der Waals surface area contributed by atoms with Crippen LogP contribution in [0.5, 0.6) is 5.75 Å². The molecule has 2 heterocycles. The molecule has 7 nitrogen and oxygen atoms in total. The Morgan fingerprint density at radius 1 is 1.14 bits per heavy atom. The molecule has 0 saturated heterocycles. The average molecular weight is 390 g/mol. The van der Waals surface area contributed by atoms with Gasteiger partial charge in [0.2, 0.25) is 0 Å². The molecule has 1 amide bonds. The van der Waals surface area contributed by atoms with Crippen LogP contribution in [0.3, 0.4) is 0 Å². The summed E-state index contributed by atoms with van der Waals surface area (Å²) in [6.45, 7) is 4.37. The maximum absolute atomic E-state index is 13.1. The normalized spacial score (nSPS) is 11.0. The molecule has 29 heavy (non-hydrogen) atoms. The maximum Gasteiger partial charge on any atom is 0.257 e. The molecule has 0 radical (unpaired) electrons. The predicted molar refractivity (Wildman–Crippen MR) is 109 cm³/mol. The number of rotatable bonds is 6. The van der Waals surface area contributed by atoms with Crippen molar-refractivity contribution in [2.24, 2.45) is 0 Å². The van der Waals surface area contributed by atoms with Gasteiger partial charge in [-0.3, -0.25) is 4.79 Å². The molecule has 0 aliphatic rings. The van der Waals surface area contributed by atoms with Gasteiger partial charge in [-0.05, 0) is 38.1 Å². The van der Waals surface area contributed by atoms with Crippen molar-refractivity contribution in [3.63, 3.8) is 0 Å². The van der Waals surface area contributed by atoms with E-state index in [1.165, 1.54) is 0 Å². The number of H-pyrrole nitrogens is 1. The highest BCUT2D eigenvalue weighted by molar-refractivity contribution is 5.96. The Morgan fingerprint density at radius 3 is 2.66 bits per heavy atom. The first kappa shape index (κ1) is 18.7. The van der Waals surface area contributed by atoms with Crippen LogP contribution in [-0.4, -0.2) is 33.0 Å². The van der Waals surface area contributed by atoms with Crippen molar-refractivity contribution >= 4 is 16.9 Å². The molecule has 4 aromatic rings. The van der Waals surface area contributed by atoms with E-state index in [4.69, 9.17) is 9.26 Å². The highest BCUT2D eigenvalue weighted by atomic mass is 16.5. The second kappa shape index (κ2) is 7.79. The second-order valence-electron chi connectivity index (χ2n) is 6.95. The summed E-state index contributed by atoms with van der Waals surface area (Å²) < 4.78 is 11.1. The summed E-state index contributed by atoms with van der Waals surface area (Å²) in [5.41, 5.74) is 4.01. The van der Waals surface area contributed by atoms with Crippen LogP contribution < -0.4 is 4.74 Å². The topological polar surface area (TPSA) is 84.2 Å². The Labute approximate surface area is 168 Å². The number of nitrogens with one attached hydrogen (secondary N) is 1. The number of carbonyl (C=O) groups excluding carboxylic acids is 1. The van der Waals surface area contributed by atoms with Gasteiger partial charge in [0.1, 0.15) is 23.9 Å². The molecule has 7 heteroatoms. The van der Waals surface area contributed by atoms with Crippen molar-refractivity contribution in [2.75, 3.05) is 7.05 Å². The number of aromatic nitrogens is 3. The quantitative estimate of drug-likeness (QED) is 0.538. The molecule has 0 fully saturated rings. The van der Waals surface area contributed by atoms with Crippen molar-refractivity contribution in [1.29, 1.82) is 0 Å². The van der Waals surface area contributed by atoms with Gasteiger partial charge in [0.15, 0.2) is 0 Å². The average Bonchev–Trinajstić information content (AvgIpc) is 3.28. The van der Waals surface area contributed by atoms with E-state index in [1.54, 1.807) is 24.1 Å². The summed E-state index contributed by atoms with van der Waals surface area (Å²) in [5, 5.41) is 3.94. The molecule has 0 aliphatic carbocycles. The van der Waals surface area contributed by atoms with E-state index < -0.39 is 0 Å². The van der Waals surface area contributed by atoms with E-state index in [-0.39, 0.29) is 5.91 Å². The first-order valence-electron chi connectivity index (χ1n) is 9.35. The Hall–Kier alpha value is -3.61. The van der Waals surface area contributed by atoms with Gasteiger partial charge in [0, 0.05) is 7.05 Å². The van der Waals surface area contributed by atoms with Gasteiger partial charge in [-0.2, -0.15) is 0 Å². The van der Waals surface area contributed by atoms with E-state index in [1.807, 2.05) is 50.2 Å². The highest BCUT2D eigenvalue weighted by Crippen LogP contribution is 2.23. The zero-order valence-electron chi connectivity index (χ0n) is 16.6. The minimum atomic E-state index is -0.139. The number of carbonyl (C=O) groups is 1. The van der Waals surface area contributed by atoms with Gasteiger partial charge in [0.25, 0.3) is 5.91 Å². The lowest BCUT2D eigenvalue weighted by molar-refractivity contribution is 0.0777. The molecular formula is C22H22N4O3. The van der Waals surface area contributed by atoms with Crippen LogP contribution in [0.2, 0.25) is 0 Å². The van der Waals surface area contributed by atoms with Gasteiger partial charge in [-0.15, -0.1) is 0 Å². The number of para-hydroxylation sites is 3. The Morgan fingerprint density at radius 2 is 1.90 bits per heavy atom. The molecule has 0 bridgehead atoms. The van der Waals surface area contributed by atoms with E-state index in [9.17, 15) is 4.79 Å². The Balaban J connectivity index is 1.50. The summed E-state index contributed by atoms with van der Waals surface area (Å²) in [4.78, 5) is 22.5. The Bertz CT molecular complexity index is 1110.